The van der Waals surface area contributed by atoms with E-state index in [-0.39, 0.29) is 31.5 Å². The fourth-order valence-corrected chi connectivity index (χ4v) is 10.5. The van der Waals surface area contributed by atoms with Gasteiger partial charge in [0.2, 0.25) is 5.30 Å². The van der Waals surface area contributed by atoms with E-state index in [0.29, 0.717) is 16.2 Å². The Morgan fingerprint density at radius 3 is 1.60 bits per heavy atom. The van der Waals surface area contributed by atoms with E-state index in [9.17, 15) is 4.79 Å². The molecule has 0 unspecified atom stereocenters. The summed E-state index contributed by atoms with van der Waals surface area (Å²) in [5.74, 6) is 0.144. The molecule has 0 aliphatic carbocycles. The molecule has 0 N–H and O–H groups in total. The summed E-state index contributed by atoms with van der Waals surface area (Å²) >= 11 is 1.48. The van der Waals surface area contributed by atoms with Gasteiger partial charge in [-0.05, 0) is 42.7 Å². The minimum Gasteiger partial charge on any atom is -0.463 e. The van der Waals surface area contributed by atoms with Gasteiger partial charge in [0.1, 0.15) is 40.1 Å². The molecule has 1 aromatic heterocycles. The molecule has 10 nitrogen and oxygen atoms in total. The highest BCUT2D eigenvalue weighted by Gasteiger charge is 2.52. The quantitative estimate of drug-likeness (QED) is 0.0606. The van der Waals surface area contributed by atoms with Gasteiger partial charge < -0.3 is 9.47 Å². The van der Waals surface area contributed by atoms with Crippen LogP contribution in [0.3, 0.4) is 0 Å². The van der Waals surface area contributed by atoms with E-state index in [1.807, 2.05) is 91.2 Å². The molecule has 0 radical (unpaired) electrons. The van der Waals surface area contributed by atoms with Gasteiger partial charge >= 0.3 is 11.5 Å². The smallest absolute Gasteiger partial charge is 0.302 e. The predicted octanol–water partition coefficient (Wildman–Crippen LogP) is 0.0328. The van der Waals surface area contributed by atoms with Gasteiger partial charge in [-0.3, -0.25) is 14.2 Å². The highest BCUT2D eigenvalue weighted by Crippen LogP contribution is 2.54. The van der Waals surface area contributed by atoms with Gasteiger partial charge in [0, 0.05) is 12.5 Å². The number of hydrogen-bond acceptors (Lipinski definition) is 10. The number of halogens is 1. The van der Waals surface area contributed by atoms with Crippen molar-refractivity contribution in [1.82, 2.24) is 9.55 Å². The van der Waals surface area contributed by atoms with Crippen molar-refractivity contribution in [1.29, 1.82) is 0 Å². The number of benzene rings is 4. The molecule has 0 saturated heterocycles. The van der Waals surface area contributed by atoms with Crippen molar-refractivity contribution in [2.45, 2.75) is 18.7 Å². The van der Waals surface area contributed by atoms with Gasteiger partial charge in [-0.2, -0.15) is 0 Å². The van der Waals surface area contributed by atoms with E-state index < -0.39 is 17.5 Å². The van der Waals surface area contributed by atoms with Gasteiger partial charge in [0.05, 0.1) is 6.61 Å². The Kier molecular flexibility index (Phi) is 12.8. The number of rotatable bonds is 11. The van der Waals surface area contributed by atoms with E-state index in [4.69, 9.17) is 33.1 Å². The van der Waals surface area contributed by atoms with Gasteiger partial charge in [-0.15, -0.1) is 22.0 Å². The normalized spacial score (nSPS) is 11.4. The highest BCUT2D eigenvalue weighted by molar-refractivity contribution is 8.04. The van der Waals surface area contributed by atoms with E-state index >= 15 is 4.79 Å². The van der Waals surface area contributed by atoms with Crippen LogP contribution in [0.1, 0.15) is 6.92 Å². The summed E-state index contributed by atoms with van der Waals surface area (Å²) in [5.41, 5.74) is 0.647. The fourth-order valence-electron chi connectivity index (χ4n) is 5.07. The van der Waals surface area contributed by atoms with Crippen LogP contribution >= 0.6 is 19.0 Å². The number of ether oxygens (including phenoxy) is 2. The van der Waals surface area contributed by atoms with E-state index in [1.54, 1.807) is 4.57 Å². The Morgan fingerprint density at radius 2 is 1.19 bits per heavy atom. The van der Waals surface area contributed by atoms with Crippen molar-refractivity contribution >= 4 is 46.2 Å². The molecule has 5 rings (SSSR count). The molecule has 1 heterocycles. The molecule has 0 bridgehead atoms. The van der Waals surface area contributed by atoms with Crippen molar-refractivity contribution in [3.63, 3.8) is 0 Å². The van der Waals surface area contributed by atoms with Crippen LogP contribution in [0, 0.1) is 10.2 Å². The Balaban J connectivity index is 0.000000930. The van der Waals surface area contributed by atoms with Crippen LogP contribution < -0.4 is 45.4 Å². The van der Waals surface area contributed by atoms with Crippen molar-refractivity contribution < 1.29 is 43.1 Å². The molecule has 244 valence electrons. The van der Waals surface area contributed by atoms with Crippen molar-refractivity contribution in [3.05, 3.63) is 132 Å². The molecule has 0 spiro atoms. The molecule has 0 aliphatic heterocycles. The van der Waals surface area contributed by atoms with E-state index in [1.165, 1.54) is 18.7 Å². The Morgan fingerprint density at radius 1 is 0.766 bits per heavy atom. The Labute approximate surface area is 279 Å². The largest absolute Gasteiger partial charge is 0.463 e. The lowest BCUT2D eigenvalue weighted by molar-refractivity contribution is -2.00. The number of hydrogen-bond donors (Lipinski definition) is 0. The van der Waals surface area contributed by atoms with E-state index in [0.717, 1.165) is 21.5 Å². The standard InChI is InChI=1S/C34H32N2O4PS.ClHO4/c1-26(37)40-24-23-39-25-36-32(27-15-7-3-8-16-27)35-33(42-2)31(34(36)38)41(28-17-9-4-10-18-28,29-19-11-5-12-20-29)30-21-13-6-14-22-30;2-1(3,4)5/h3-22H,23-25H2,1-2H3;(H,2,3,4,5)/q+1;/p-1. The second kappa shape index (κ2) is 16.8. The average molecular weight is 695 g/mol. The predicted molar refractivity (Wildman–Crippen MR) is 173 cm³/mol. The third-order valence-corrected chi connectivity index (χ3v) is 12.0. The molecule has 0 aliphatic rings. The zero-order chi connectivity index (χ0) is 33.9. The molecule has 47 heavy (non-hydrogen) atoms. The zero-order valence-electron chi connectivity index (χ0n) is 25.6. The molecule has 4 aromatic carbocycles. The molecular formula is C34H32ClN2O8PS. The lowest BCUT2D eigenvalue weighted by Gasteiger charge is -2.28. The van der Waals surface area contributed by atoms with Crippen LogP contribution in [0.15, 0.2) is 131 Å². The van der Waals surface area contributed by atoms with Crippen molar-refractivity contribution in [2.24, 2.45) is 0 Å². The first-order chi connectivity index (χ1) is 22.6. The van der Waals surface area contributed by atoms with Crippen LogP contribution in [-0.4, -0.2) is 35.0 Å². The van der Waals surface area contributed by atoms with Crippen LogP contribution in [0.2, 0.25) is 0 Å². The van der Waals surface area contributed by atoms with E-state index in [2.05, 4.69) is 36.4 Å². The third-order valence-electron chi connectivity index (χ3n) is 6.86. The summed E-state index contributed by atoms with van der Waals surface area (Å²) in [4.78, 5) is 31.5. The lowest BCUT2D eigenvalue weighted by atomic mass is 10.2. The van der Waals surface area contributed by atoms with Gasteiger partial charge in [0.15, 0.2) is 7.26 Å². The van der Waals surface area contributed by atoms with Crippen LogP contribution in [0.5, 0.6) is 0 Å². The second-order valence-corrected chi connectivity index (χ2v) is 14.7. The SMILES string of the molecule is CSc1nc(-c2ccccc2)n(COCCOC(C)=O)c(=O)c1[P+](c1ccccc1)(c1ccccc1)c1ccccc1.[O-][Cl+3]([O-])([O-])[O-]. The van der Waals surface area contributed by atoms with Crippen LogP contribution in [0.4, 0.5) is 0 Å². The summed E-state index contributed by atoms with van der Waals surface area (Å²) in [6.07, 6.45) is 1.97. The van der Waals surface area contributed by atoms with Gasteiger partial charge in [0.25, 0.3) is 0 Å². The number of esters is 1. The molecule has 0 amide bonds. The summed E-state index contributed by atoms with van der Waals surface area (Å²) in [6, 6.07) is 40.5. The number of carbonyl (C=O) groups is 1. The number of nitrogens with zero attached hydrogens (tertiary/aromatic N) is 2. The van der Waals surface area contributed by atoms with Gasteiger partial charge in [-0.1, -0.05) is 84.9 Å². The monoisotopic (exact) mass is 694 g/mol. The maximum atomic E-state index is 15.1. The van der Waals surface area contributed by atoms with Crippen molar-refractivity contribution in [3.8, 4) is 11.4 Å². The molecule has 5 aromatic rings. The summed E-state index contributed by atoms with van der Waals surface area (Å²) in [6.45, 7) is 1.56. The average Bonchev–Trinajstić information content (AvgIpc) is 3.07. The molecular weight excluding hydrogens is 663 g/mol. The first-order valence-electron chi connectivity index (χ1n) is 14.2. The maximum absolute atomic E-state index is 15.1. The number of thioether (sulfide) groups is 1. The molecule has 0 fully saturated rings. The molecule has 0 saturated carbocycles. The highest BCUT2D eigenvalue weighted by atomic mass is 35.7. The lowest BCUT2D eigenvalue weighted by Crippen LogP contribution is -2.68. The summed E-state index contributed by atoms with van der Waals surface area (Å²) < 4.78 is 46.6. The molecule has 13 heteroatoms. The van der Waals surface area contributed by atoms with Crippen LogP contribution in [0.25, 0.3) is 11.4 Å². The second-order valence-electron chi connectivity index (χ2n) is 9.83. The van der Waals surface area contributed by atoms with Crippen molar-refractivity contribution in [2.75, 3.05) is 19.5 Å². The first kappa shape index (κ1) is 35.9. The Hall–Kier alpha value is -3.90. The number of carbonyl (C=O) groups excluding carboxylic acids is 1. The minimum absolute atomic E-state index is 0.0443. The summed E-state index contributed by atoms with van der Waals surface area (Å²) in [7, 11) is -7.68. The molecule has 0 atom stereocenters. The topological polar surface area (TPSA) is 163 Å². The third kappa shape index (κ3) is 9.13. The van der Waals surface area contributed by atoms with Gasteiger partial charge in [-0.25, -0.2) is 23.6 Å². The maximum Gasteiger partial charge on any atom is 0.302 e. The number of aromatic nitrogens is 2. The first-order valence-corrected chi connectivity index (χ1v) is 18.5. The Bertz CT molecular complexity index is 1690. The summed E-state index contributed by atoms with van der Waals surface area (Å²) in [5, 5.41) is 4.52. The zero-order valence-corrected chi connectivity index (χ0v) is 28.0. The van der Waals surface area contributed by atoms with Crippen LogP contribution in [-0.2, 0) is 21.0 Å². The fraction of sp³-hybridized carbons (Fsp3) is 0.147. The minimum atomic E-state index is -4.94.